The van der Waals surface area contributed by atoms with E-state index in [2.05, 4.69) is 25.8 Å². The number of morpholine rings is 1. The molecule has 0 saturated carbocycles. The number of alkyl halides is 3. The zero-order chi connectivity index (χ0) is 28.8. The van der Waals surface area contributed by atoms with Gasteiger partial charge in [-0.15, -0.1) is 5.10 Å². The van der Waals surface area contributed by atoms with Gasteiger partial charge in [-0.2, -0.15) is 13.2 Å². The van der Waals surface area contributed by atoms with E-state index in [-0.39, 0.29) is 35.5 Å². The number of aliphatic imine (C=N–C) groups is 1. The van der Waals surface area contributed by atoms with E-state index in [1.165, 1.54) is 0 Å². The van der Waals surface area contributed by atoms with E-state index >= 15 is 0 Å². The number of nitrogens with one attached hydrogen (secondary N) is 2. The highest BCUT2D eigenvalue weighted by molar-refractivity contribution is 6.19. The van der Waals surface area contributed by atoms with Crippen LogP contribution in [-0.4, -0.2) is 58.3 Å². The molecule has 3 aliphatic heterocycles. The number of rotatable bonds is 5. The number of benzene rings is 2. The highest BCUT2D eigenvalue weighted by atomic mass is 19.4. The molecule has 2 saturated heterocycles. The van der Waals surface area contributed by atoms with Gasteiger partial charge in [-0.3, -0.25) is 4.79 Å². The van der Waals surface area contributed by atoms with Crippen LogP contribution < -0.4 is 15.5 Å². The molecule has 0 radical (unpaired) electrons. The Morgan fingerprint density at radius 2 is 1.71 bits per heavy atom. The van der Waals surface area contributed by atoms with Crippen molar-refractivity contribution in [2.45, 2.75) is 37.4 Å². The lowest BCUT2D eigenvalue weighted by molar-refractivity contribution is -0.137. The number of fused-ring (bicyclic) bond motifs is 3. The maximum absolute atomic E-state index is 13.6. The monoisotopic (exact) mass is 575 g/mol. The summed E-state index contributed by atoms with van der Waals surface area (Å²) in [6, 6.07) is 17.7. The van der Waals surface area contributed by atoms with Gasteiger partial charge in [0.1, 0.15) is 0 Å². The molecule has 3 atom stereocenters. The van der Waals surface area contributed by atoms with E-state index in [1.54, 1.807) is 6.07 Å². The number of aromatic nitrogens is 3. The van der Waals surface area contributed by atoms with Crippen molar-refractivity contribution in [1.82, 2.24) is 15.2 Å². The fourth-order valence-corrected chi connectivity index (χ4v) is 5.50. The van der Waals surface area contributed by atoms with E-state index < -0.39 is 23.8 Å². The largest absolute Gasteiger partial charge is 0.417 e. The average molecular weight is 576 g/mol. The van der Waals surface area contributed by atoms with Crippen LogP contribution in [0.3, 0.4) is 0 Å². The van der Waals surface area contributed by atoms with Crippen LogP contribution in [0.4, 0.5) is 30.6 Å². The van der Waals surface area contributed by atoms with E-state index in [0.29, 0.717) is 24.5 Å². The van der Waals surface area contributed by atoms with Crippen molar-refractivity contribution < 1.29 is 27.1 Å². The van der Waals surface area contributed by atoms with Crippen LogP contribution >= 0.6 is 0 Å². The van der Waals surface area contributed by atoms with Gasteiger partial charge in [0.15, 0.2) is 5.69 Å². The van der Waals surface area contributed by atoms with Gasteiger partial charge < -0.3 is 24.7 Å². The Morgan fingerprint density at radius 1 is 0.976 bits per heavy atom. The van der Waals surface area contributed by atoms with Crippen LogP contribution in [0.25, 0.3) is 11.6 Å². The number of para-hydroxylation sites is 1. The van der Waals surface area contributed by atoms with E-state index in [4.69, 9.17) is 14.1 Å². The van der Waals surface area contributed by atoms with Crippen molar-refractivity contribution >= 4 is 29.0 Å². The molecule has 3 unspecified atom stereocenters. The van der Waals surface area contributed by atoms with E-state index in [9.17, 15) is 18.0 Å². The minimum atomic E-state index is -4.58. The molecule has 2 aromatic carbocycles. The summed E-state index contributed by atoms with van der Waals surface area (Å²) >= 11 is 0. The molecule has 7 rings (SSSR count). The average Bonchev–Trinajstić information content (AvgIpc) is 3.56. The van der Waals surface area contributed by atoms with Crippen molar-refractivity contribution in [2.24, 2.45) is 4.99 Å². The molecule has 2 bridgehead atoms. The van der Waals surface area contributed by atoms with Gasteiger partial charge in [0.05, 0.1) is 34.9 Å². The van der Waals surface area contributed by atoms with Gasteiger partial charge in [0.2, 0.25) is 6.17 Å². The quantitative estimate of drug-likeness (QED) is 0.350. The maximum atomic E-state index is 13.6. The molecule has 10 nitrogen and oxygen atoms in total. The minimum absolute atomic E-state index is 0.0689. The Morgan fingerprint density at radius 3 is 2.48 bits per heavy atom. The highest BCUT2D eigenvalue weighted by Gasteiger charge is 2.38. The van der Waals surface area contributed by atoms with E-state index in [0.717, 1.165) is 36.2 Å². The molecule has 0 spiro atoms. The molecule has 42 heavy (non-hydrogen) atoms. The third-order valence-electron chi connectivity index (χ3n) is 7.46. The first kappa shape index (κ1) is 26.1. The molecule has 214 valence electrons. The van der Waals surface area contributed by atoms with Gasteiger partial charge in [-0.1, -0.05) is 53.6 Å². The predicted octanol–water partition coefficient (Wildman–Crippen LogP) is 4.75. The molecular formula is C29H24F3N7O3. The molecule has 1 amide bonds. The number of pyridine rings is 1. The number of anilines is 3. The molecule has 0 aliphatic carbocycles. The summed E-state index contributed by atoms with van der Waals surface area (Å²) in [6.07, 6.45) is -3.42. The Labute approximate surface area is 237 Å². The number of hydrogen-bond acceptors (Lipinski definition) is 9. The minimum Gasteiger partial charge on any atom is -0.402 e. The molecule has 13 heteroatoms. The van der Waals surface area contributed by atoms with Crippen LogP contribution in [0.2, 0.25) is 0 Å². The van der Waals surface area contributed by atoms with Crippen LogP contribution in [0.1, 0.15) is 29.5 Å². The first-order valence-electron chi connectivity index (χ1n) is 13.4. The molecule has 2 N–H and O–H groups in total. The second-order valence-electron chi connectivity index (χ2n) is 10.3. The van der Waals surface area contributed by atoms with Crippen LogP contribution in [0, 0.1) is 0 Å². The summed E-state index contributed by atoms with van der Waals surface area (Å²) < 4.78 is 52.6. The van der Waals surface area contributed by atoms with Gasteiger partial charge >= 0.3 is 12.2 Å². The van der Waals surface area contributed by atoms with Crippen LogP contribution in [-0.2, 0) is 15.7 Å². The van der Waals surface area contributed by atoms with Crippen molar-refractivity contribution in [2.75, 3.05) is 28.6 Å². The normalized spacial score (nSPS) is 21.8. The summed E-state index contributed by atoms with van der Waals surface area (Å²) in [4.78, 5) is 23.8. The third-order valence-corrected chi connectivity index (χ3v) is 7.46. The molecule has 2 aromatic heterocycles. The van der Waals surface area contributed by atoms with Crippen molar-refractivity contribution in [3.63, 3.8) is 0 Å². The number of halogens is 3. The Bertz CT molecular complexity index is 1660. The number of carbonyl (C=O) groups is 1. The number of hydrogen-bond donors (Lipinski definition) is 2. The summed E-state index contributed by atoms with van der Waals surface area (Å²) in [5, 5.41) is 13.8. The Balaban J connectivity index is 1.22. The van der Waals surface area contributed by atoms with Gasteiger partial charge in [-0.25, -0.2) is 9.98 Å². The number of amides is 1. The summed E-state index contributed by atoms with van der Waals surface area (Å²) in [5.74, 6) is -0.546. The first-order valence-corrected chi connectivity index (χ1v) is 13.4. The Kier molecular flexibility index (Phi) is 6.38. The van der Waals surface area contributed by atoms with Crippen molar-refractivity contribution in [3.05, 3.63) is 83.6 Å². The number of ether oxygens (including phenoxy) is 1. The lowest BCUT2D eigenvalue weighted by Gasteiger charge is -2.34. The molecular weight excluding hydrogens is 551 g/mol. The molecule has 4 aromatic rings. The molecule has 5 heterocycles. The smallest absolute Gasteiger partial charge is 0.402 e. The first-order chi connectivity index (χ1) is 20.3. The van der Waals surface area contributed by atoms with Gasteiger partial charge in [-0.05, 0) is 25.0 Å². The highest BCUT2D eigenvalue weighted by Crippen LogP contribution is 2.39. The zero-order valence-corrected chi connectivity index (χ0v) is 22.0. The summed E-state index contributed by atoms with van der Waals surface area (Å²) in [7, 11) is 0. The fraction of sp³-hybridized carbons (Fsp3) is 0.276. The number of benzodiazepines with no additional fused rings is 1. The lowest BCUT2D eigenvalue weighted by atomic mass is 10.0. The second kappa shape index (κ2) is 10.2. The van der Waals surface area contributed by atoms with Crippen LogP contribution in [0.15, 0.2) is 76.3 Å². The topological polar surface area (TPSA) is 118 Å². The van der Waals surface area contributed by atoms with Gasteiger partial charge in [0.25, 0.3) is 11.8 Å². The SMILES string of the molecule is O=C1Nc2ccccc2C(c2ccccc2)=NC1Nc1nnc(-c2ncc(C(F)(F)F)cc2N2CC3CCC(C2)O3)o1. The summed E-state index contributed by atoms with van der Waals surface area (Å²) in [5.41, 5.74) is 2.18. The zero-order valence-electron chi connectivity index (χ0n) is 22.0. The molecule has 2 fully saturated rings. The van der Waals surface area contributed by atoms with E-state index in [1.807, 2.05) is 53.4 Å². The second-order valence-corrected chi connectivity index (χ2v) is 10.3. The Hall–Kier alpha value is -4.78. The predicted molar refractivity (Wildman–Crippen MR) is 147 cm³/mol. The maximum Gasteiger partial charge on any atom is 0.417 e. The van der Waals surface area contributed by atoms with Crippen LogP contribution in [0.5, 0.6) is 0 Å². The fourth-order valence-electron chi connectivity index (χ4n) is 5.50. The van der Waals surface area contributed by atoms with Gasteiger partial charge in [0, 0.05) is 30.4 Å². The third kappa shape index (κ3) is 4.96. The van der Waals surface area contributed by atoms with Crippen molar-refractivity contribution in [3.8, 4) is 11.6 Å². The standard InChI is InChI=1S/C29H24F3N7O3/c30-29(31,32)17-12-22(39-14-18-10-11-19(15-39)41-18)24(33-13-17)27-37-38-28(42-27)36-25-26(40)34-21-9-5-4-8-20(21)23(35-25)16-6-2-1-3-7-16/h1-9,12-13,18-19,25H,10-11,14-15H2,(H,34,40)(H,36,38). The van der Waals surface area contributed by atoms with Crippen molar-refractivity contribution in [1.29, 1.82) is 0 Å². The number of nitrogens with zero attached hydrogens (tertiary/aromatic N) is 5. The summed E-state index contributed by atoms with van der Waals surface area (Å²) in [6.45, 7) is 0.844. The lowest BCUT2D eigenvalue weighted by Crippen LogP contribution is -2.43. The number of carbonyl (C=O) groups excluding carboxylic acids is 1. The molecule has 3 aliphatic rings.